The minimum absolute atomic E-state index is 0.252. The van der Waals surface area contributed by atoms with Crippen LogP contribution in [0.15, 0.2) is 39.6 Å². The molecule has 20 heavy (non-hydrogen) atoms. The van der Waals surface area contributed by atoms with E-state index in [1.54, 1.807) is 31.2 Å². The number of nitrogens with one attached hydrogen (secondary N) is 2. The van der Waals surface area contributed by atoms with E-state index in [0.29, 0.717) is 28.8 Å². The predicted molar refractivity (Wildman–Crippen MR) is 78.5 cm³/mol. The zero-order chi connectivity index (χ0) is 14.8. The minimum atomic E-state index is -3.46. The highest BCUT2D eigenvalue weighted by Crippen LogP contribution is 2.21. The Balaban J connectivity index is 2.19. The molecule has 1 heterocycles. The van der Waals surface area contributed by atoms with Gasteiger partial charge < -0.3 is 9.73 Å². The first-order valence-corrected chi connectivity index (χ1v) is 7.81. The molecule has 5 nitrogen and oxygen atoms in total. The predicted octanol–water partition coefficient (Wildman–Crippen LogP) is 2.76. The average molecular weight is 315 g/mol. The summed E-state index contributed by atoms with van der Waals surface area (Å²) in [5.41, 5.74) is 1.38. The molecule has 2 N–H and O–H groups in total. The molecule has 2 aromatic rings. The molecule has 1 aromatic carbocycles. The van der Waals surface area contributed by atoms with Crippen LogP contribution in [0.25, 0.3) is 0 Å². The first-order chi connectivity index (χ1) is 9.42. The number of furan rings is 1. The lowest BCUT2D eigenvalue weighted by Gasteiger charge is -2.10. The van der Waals surface area contributed by atoms with E-state index in [-0.39, 0.29) is 4.90 Å². The fourth-order valence-corrected chi connectivity index (χ4v) is 2.90. The van der Waals surface area contributed by atoms with Crippen LogP contribution >= 0.6 is 11.6 Å². The maximum absolute atomic E-state index is 11.9. The Labute approximate surface area is 123 Å². The molecule has 0 bridgehead atoms. The summed E-state index contributed by atoms with van der Waals surface area (Å²) in [6.07, 6.45) is 0. The normalized spacial score (nSPS) is 11.6. The van der Waals surface area contributed by atoms with E-state index < -0.39 is 10.0 Å². The molecule has 0 spiro atoms. The first-order valence-electron chi connectivity index (χ1n) is 5.94. The van der Waals surface area contributed by atoms with E-state index in [0.717, 1.165) is 0 Å². The van der Waals surface area contributed by atoms with E-state index in [2.05, 4.69) is 10.0 Å². The summed E-state index contributed by atoms with van der Waals surface area (Å²) < 4.78 is 31.3. The molecular formula is C13H15ClN2O3S. The van der Waals surface area contributed by atoms with Gasteiger partial charge in [0.25, 0.3) is 0 Å². The molecule has 7 heteroatoms. The fraction of sp³-hybridized carbons (Fsp3) is 0.231. The number of hydrogen-bond acceptors (Lipinski definition) is 4. The summed E-state index contributed by atoms with van der Waals surface area (Å²) in [6, 6.07) is 8.57. The van der Waals surface area contributed by atoms with Crippen molar-refractivity contribution >= 4 is 27.3 Å². The number of hydrogen-bond donors (Lipinski definition) is 2. The fourth-order valence-electron chi connectivity index (χ4n) is 1.75. The van der Waals surface area contributed by atoms with Crippen LogP contribution in [0.3, 0.4) is 0 Å². The van der Waals surface area contributed by atoms with Crippen LogP contribution in [-0.4, -0.2) is 15.5 Å². The van der Waals surface area contributed by atoms with Crippen molar-refractivity contribution in [2.75, 3.05) is 12.4 Å². The summed E-state index contributed by atoms with van der Waals surface area (Å²) in [4.78, 5) is 0.252. The molecule has 0 unspecified atom stereocenters. The van der Waals surface area contributed by atoms with Crippen LogP contribution in [0.2, 0.25) is 5.22 Å². The maximum atomic E-state index is 11.9. The Morgan fingerprint density at radius 1 is 1.25 bits per heavy atom. The molecule has 108 valence electrons. The van der Waals surface area contributed by atoms with Gasteiger partial charge in [-0.3, -0.25) is 0 Å². The van der Waals surface area contributed by atoms with Crippen molar-refractivity contribution in [3.8, 4) is 0 Å². The summed E-state index contributed by atoms with van der Waals surface area (Å²) in [6.45, 7) is 2.18. The summed E-state index contributed by atoms with van der Waals surface area (Å²) in [5.74, 6) is 0.675. The van der Waals surface area contributed by atoms with Crippen molar-refractivity contribution in [1.82, 2.24) is 4.72 Å². The van der Waals surface area contributed by atoms with Gasteiger partial charge in [-0.25, -0.2) is 13.1 Å². The Bertz CT molecular complexity index is 710. The molecule has 1 aromatic heterocycles. The van der Waals surface area contributed by atoms with Gasteiger partial charge in [0, 0.05) is 5.69 Å². The number of benzene rings is 1. The second-order valence-electron chi connectivity index (χ2n) is 4.25. The highest BCUT2D eigenvalue weighted by molar-refractivity contribution is 7.89. The van der Waals surface area contributed by atoms with Crippen LogP contribution < -0.4 is 10.0 Å². The average Bonchev–Trinajstić information content (AvgIpc) is 2.83. The van der Waals surface area contributed by atoms with Crippen molar-refractivity contribution in [3.63, 3.8) is 0 Å². The topological polar surface area (TPSA) is 71.3 Å². The zero-order valence-corrected chi connectivity index (χ0v) is 12.7. The van der Waals surface area contributed by atoms with E-state index in [1.165, 1.54) is 7.05 Å². The van der Waals surface area contributed by atoms with Crippen LogP contribution in [0.4, 0.5) is 5.69 Å². The zero-order valence-electron chi connectivity index (χ0n) is 11.1. The van der Waals surface area contributed by atoms with Gasteiger partial charge in [0.1, 0.15) is 5.76 Å². The van der Waals surface area contributed by atoms with Crippen molar-refractivity contribution in [2.24, 2.45) is 0 Å². The van der Waals surface area contributed by atoms with Gasteiger partial charge in [-0.2, -0.15) is 0 Å². The second-order valence-corrected chi connectivity index (χ2v) is 6.47. The Hall–Kier alpha value is -1.50. The highest BCUT2D eigenvalue weighted by Gasteiger charge is 2.15. The molecule has 0 saturated heterocycles. The molecule has 0 radical (unpaired) electrons. The van der Waals surface area contributed by atoms with Crippen LogP contribution in [0.1, 0.15) is 11.3 Å². The van der Waals surface area contributed by atoms with Crippen LogP contribution in [0, 0.1) is 6.92 Å². The summed E-state index contributed by atoms with van der Waals surface area (Å²) in [7, 11) is -2.08. The lowest BCUT2D eigenvalue weighted by atomic mass is 10.2. The summed E-state index contributed by atoms with van der Waals surface area (Å²) >= 11 is 5.68. The first kappa shape index (κ1) is 14.9. The Kier molecular flexibility index (Phi) is 4.37. The third-order valence-electron chi connectivity index (χ3n) is 2.84. The molecule has 0 fully saturated rings. The number of aryl methyl sites for hydroxylation is 1. The van der Waals surface area contributed by atoms with Gasteiger partial charge in [0.2, 0.25) is 10.0 Å². The Morgan fingerprint density at radius 3 is 2.60 bits per heavy atom. The van der Waals surface area contributed by atoms with E-state index in [4.69, 9.17) is 16.0 Å². The van der Waals surface area contributed by atoms with Gasteiger partial charge in [0.05, 0.1) is 11.4 Å². The molecule has 0 amide bonds. The third-order valence-corrected chi connectivity index (χ3v) is 4.60. The lowest BCUT2D eigenvalue weighted by Crippen LogP contribution is -2.19. The monoisotopic (exact) mass is 314 g/mol. The second kappa shape index (κ2) is 5.87. The van der Waals surface area contributed by atoms with E-state index in [9.17, 15) is 8.42 Å². The van der Waals surface area contributed by atoms with Crippen molar-refractivity contribution in [3.05, 3.63) is 46.9 Å². The van der Waals surface area contributed by atoms with Crippen LogP contribution in [0.5, 0.6) is 0 Å². The molecule has 0 aliphatic carbocycles. The molecule has 0 saturated carbocycles. The van der Waals surface area contributed by atoms with Gasteiger partial charge in [-0.05, 0) is 55.4 Å². The maximum Gasteiger partial charge on any atom is 0.240 e. The number of rotatable bonds is 5. The van der Waals surface area contributed by atoms with Crippen molar-refractivity contribution in [2.45, 2.75) is 18.4 Å². The summed E-state index contributed by atoms with van der Waals surface area (Å²) in [5, 5.41) is 3.42. The Morgan fingerprint density at radius 2 is 2.00 bits per heavy atom. The number of sulfonamides is 1. The molecule has 0 atom stereocenters. The minimum Gasteiger partial charge on any atom is -0.448 e. The highest BCUT2D eigenvalue weighted by atomic mass is 35.5. The van der Waals surface area contributed by atoms with Crippen molar-refractivity contribution < 1.29 is 12.8 Å². The smallest absolute Gasteiger partial charge is 0.240 e. The lowest BCUT2D eigenvalue weighted by molar-refractivity contribution is 0.520. The van der Waals surface area contributed by atoms with Gasteiger partial charge in [0.15, 0.2) is 5.22 Å². The van der Waals surface area contributed by atoms with Crippen LogP contribution in [-0.2, 0) is 16.6 Å². The van der Waals surface area contributed by atoms with Crippen molar-refractivity contribution in [1.29, 1.82) is 0 Å². The quantitative estimate of drug-likeness (QED) is 0.890. The number of anilines is 1. The van der Waals surface area contributed by atoms with Gasteiger partial charge in [-0.15, -0.1) is 0 Å². The molecule has 0 aliphatic heterocycles. The van der Waals surface area contributed by atoms with Gasteiger partial charge in [-0.1, -0.05) is 6.07 Å². The largest absolute Gasteiger partial charge is 0.448 e. The van der Waals surface area contributed by atoms with E-state index >= 15 is 0 Å². The molecule has 0 aliphatic rings. The van der Waals surface area contributed by atoms with E-state index in [1.807, 2.05) is 6.07 Å². The SMILES string of the molecule is CNS(=O)(=O)c1cc(NCc2ccc(Cl)o2)ccc1C. The third kappa shape index (κ3) is 3.33. The number of halogens is 1. The molecular weight excluding hydrogens is 300 g/mol. The standard InChI is InChI=1S/C13H15ClN2O3S/c1-9-3-4-10(7-12(9)20(17,18)15-2)16-8-11-5-6-13(14)19-11/h3-7,15-16H,8H2,1-2H3. The molecule has 2 rings (SSSR count). The van der Waals surface area contributed by atoms with Gasteiger partial charge >= 0.3 is 0 Å².